The van der Waals surface area contributed by atoms with Crippen molar-refractivity contribution in [3.8, 4) is 0 Å². The average molecular weight is 341 g/mol. The second kappa shape index (κ2) is 5.83. The van der Waals surface area contributed by atoms with Crippen molar-refractivity contribution < 1.29 is 14.7 Å². The highest BCUT2D eigenvalue weighted by Gasteiger charge is 2.38. The van der Waals surface area contributed by atoms with E-state index < -0.39 is 11.9 Å². The lowest BCUT2D eigenvalue weighted by Gasteiger charge is -2.41. The summed E-state index contributed by atoms with van der Waals surface area (Å²) < 4.78 is 0.635. The number of amides is 1. The van der Waals surface area contributed by atoms with Crippen LogP contribution in [0.15, 0.2) is 22.7 Å². The van der Waals surface area contributed by atoms with Gasteiger partial charge < -0.3 is 16.2 Å². The molecule has 2 rings (SSSR count). The lowest BCUT2D eigenvalue weighted by molar-refractivity contribution is -0.141. The number of primary amides is 1. The van der Waals surface area contributed by atoms with Gasteiger partial charge in [-0.1, -0.05) is 12.5 Å². The lowest BCUT2D eigenvalue weighted by Crippen LogP contribution is -2.38. The summed E-state index contributed by atoms with van der Waals surface area (Å²) in [7, 11) is 0. The molecule has 108 valence electrons. The van der Waals surface area contributed by atoms with Crippen LogP contribution in [-0.4, -0.2) is 23.5 Å². The molecular formula is C14H17BrN2O3. The second-order valence-corrected chi connectivity index (χ2v) is 6.16. The maximum Gasteiger partial charge on any atom is 0.303 e. The largest absolute Gasteiger partial charge is 0.481 e. The van der Waals surface area contributed by atoms with Crippen LogP contribution in [0.4, 0.5) is 5.69 Å². The molecule has 1 aromatic carbocycles. The first-order chi connectivity index (χ1) is 9.43. The number of rotatable bonds is 6. The highest BCUT2D eigenvalue weighted by Crippen LogP contribution is 2.44. The third-order valence-electron chi connectivity index (χ3n) is 3.85. The lowest BCUT2D eigenvalue weighted by atomic mass is 9.66. The Bertz CT molecular complexity index is 541. The van der Waals surface area contributed by atoms with Crippen LogP contribution in [0.2, 0.25) is 0 Å². The quantitative estimate of drug-likeness (QED) is 0.742. The molecule has 1 aliphatic carbocycles. The number of nitrogens with two attached hydrogens (primary N) is 1. The van der Waals surface area contributed by atoms with Gasteiger partial charge in [-0.25, -0.2) is 0 Å². The molecule has 0 aromatic heterocycles. The normalized spacial score (nSPS) is 16.2. The number of carboxylic acids is 1. The zero-order valence-electron chi connectivity index (χ0n) is 11.0. The summed E-state index contributed by atoms with van der Waals surface area (Å²) in [5, 5.41) is 12.2. The predicted molar refractivity (Wildman–Crippen MR) is 79.7 cm³/mol. The van der Waals surface area contributed by atoms with Crippen LogP contribution in [0.3, 0.4) is 0 Å². The number of hydrogen-bond donors (Lipinski definition) is 3. The number of aliphatic carboxylic acids is 1. The summed E-state index contributed by atoms with van der Waals surface area (Å²) >= 11 is 3.30. The molecule has 0 radical (unpaired) electrons. The van der Waals surface area contributed by atoms with E-state index in [1.165, 1.54) is 0 Å². The third kappa shape index (κ3) is 3.12. The van der Waals surface area contributed by atoms with Crippen LogP contribution in [0.25, 0.3) is 0 Å². The van der Waals surface area contributed by atoms with Gasteiger partial charge in [0.25, 0.3) is 5.91 Å². The maximum atomic E-state index is 11.5. The van der Waals surface area contributed by atoms with Gasteiger partial charge in [0.05, 0.1) is 12.0 Å². The van der Waals surface area contributed by atoms with Crippen LogP contribution >= 0.6 is 15.9 Å². The number of carbonyl (C=O) groups is 2. The predicted octanol–water partition coefficient (Wildman–Crippen LogP) is 2.60. The van der Waals surface area contributed by atoms with Crippen LogP contribution in [-0.2, 0) is 4.79 Å². The smallest absolute Gasteiger partial charge is 0.303 e. The number of anilines is 1. The number of carbonyl (C=O) groups excluding carboxylic acids is 1. The molecule has 1 saturated carbocycles. The van der Waals surface area contributed by atoms with Crippen LogP contribution in [0, 0.1) is 5.41 Å². The van der Waals surface area contributed by atoms with E-state index in [4.69, 9.17) is 10.8 Å². The Morgan fingerprint density at radius 3 is 2.60 bits per heavy atom. The van der Waals surface area contributed by atoms with E-state index in [9.17, 15) is 9.59 Å². The standard InChI is InChI=1S/C14H17BrN2O3/c15-9-3-1-4-10(12(9)13(16)20)17-8-14(5-2-6-14)7-11(18)19/h1,3-4,17H,2,5-8H2,(H2,16,20)(H,18,19). The van der Waals surface area contributed by atoms with Gasteiger partial charge in [-0.2, -0.15) is 0 Å². The molecule has 1 aliphatic rings. The van der Waals surface area contributed by atoms with Gasteiger partial charge in [0.15, 0.2) is 0 Å². The molecule has 0 aliphatic heterocycles. The monoisotopic (exact) mass is 340 g/mol. The van der Waals surface area contributed by atoms with Crippen LogP contribution in [0.1, 0.15) is 36.0 Å². The molecule has 0 unspecified atom stereocenters. The number of nitrogens with one attached hydrogen (secondary N) is 1. The van der Waals surface area contributed by atoms with Gasteiger partial charge in [-0.3, -0.25) is 9.59 Å². The Morgan fingerprint density at radius 1 is 1.40 bits per heavy atom. The van der Waals surface area contributed by atoms with Crippen molar-refractivity contribution >= 4 is 33.5 Å². The van der Waals surface area contributed by atoms with E-state index in [1.54, 1.807) is 12.1 Å². The minimum Gasteiger partial charge on any atom is -0.481 e. The van der Waals surface area contributed by atoms with Crippen molar-refractivity contribution in [2.24, 2.45) is 11.1 Å². The van der Waals surface area contributed by atoms with E-state index in [0.717, 1.165) is 19.3 Å². The SMILES string of the molecule is NC(=O)c1c(Br)cccc1NCC1(CC(=O)O)CCC1. The van der Waals surface area contributed by atoms with E-state index in [0.29, 0.717) is 22.3 Å². The highest BCUT2D eigenvalue weighted by molar-refractivity contribution is 9.10. The zero-order valence-corrected chi connectivity index (χ0v) is 12.6. The summed E-state index contributed by atoms with van der Waals surface area (Å²) in [4.78, 5) is 22.4. The number of carboxylic acid groups (broad SMARTS) is 1. The van der Waals surface area contributed by atoms with Gasteiger partial charge in [0, 0.05) is 16.7 Å². The molecule has 1 amide bonds. The molecule has 1 aromatic rings. The average Bonchev–Trinajstić information content (AvgIpc) is 2.31. The summed E-state index contributed by atoms with van der Waals surface area (Å²) in [6.45, 7) is 0.538. The van der Waals surface area contributed by atoms with Gasteiger partial charge in [-0.15, -0.1) is 0 Å². The molecule has 0 saturated heterocycles. The van der Waals surface area contributed by atoms with Crippen molar-refractivity contribution in [3.63, 3.8) is 0 Å². The minimum atomic E-state index is -0.782. The Balaban J connectivity index is 2.13. The van der Waals surface area contributed by atoms with E-state index in [-0.39, 0.29) is 11.8 Å². The first kappa shape index (κ1) is 14.8. The van der Waals surface area contributed by atoms with Crippen molar-refractivity contribution in [1.82, 2.24) is 0 Å². The van der Waals surface area contributed by atoms with E-state index >= 15 is 0 Å². The molecule has 1 fully saturated rings. The molecule has 20 heavy (non-hydrogen) atoms. The molecule has 6 heteroatoms. The van der Waals surface area contributed by atoms with E-state index in [1.807, 2.05) is 6.07 Å². The van der Waals surface area contributed by atoms with Gasteiger partial charge in [0.1, 0.15) is 0 Å². The Morgan fingerprint density at radius 2 is 2.10 bits per heavy atom. The number of hydrogen-bond acceptors (Lipinski definition) is 3. The Kier molecular flexibility index (Phi) is 4.32. The molecule has 0 bridgehead atoms. The molecule has 0 heterocycles. The Labute approximate surface area is 125 Å². The fourth-order valence-corrected chi connectivity index (χ4v) is 3.18. The van der Waals surface area contributed by atoms with Crippen molar-refractivity contribution in [1.29, 1.82) is 0 Å². The van der Waals surface area contributed by atoms with E-state index in [2.05, 4.69) is 21.2 Å². The topological polar surface area (TPSA) is 92.4 Å². The first-order valence-electron chi connectivity index (χ1n) is 6.47. The Hall–Kier alpha value is -1.56. The van der Waals surface area contributed by atoms with Gasteiger partial charge >= 0.3 is 5.97 Å². The summed E-state index contributed by atoms with van der Waals surface area (Å²) in [6, 6.07) is 5.34. The fraction of sp³-hybridized carbons (Fsp3) is 0.429. The first-order valence-corrected chi connectivity index (χ1v) is 7.27. The summed E-state index contributed by atoms with van der Waals surface area (Å²) in [6.07, 6.45) is 2.99. The fourth-order valence-electron chi connectivity index (χ4n) is 2.62. The molecule has 4 N–H and O–H groups in total. The van der Waals surface area contributed by atoms with Crippen molar-refractivity contribution in [2.75, 3.05) is 11.9 Å². The second-order valence-electron chi connectivity index (χ2n) is 5.30. The number of benzene rings is 1. The van der Waals surface area contributed by atoms with Crippen molar-refractivity contribution in [3.05, 3.63) is 28.2 Å². The highest BCUT2D eigenvalue weighted by atomic mass is 79.9. The molecular weight excluding hydrogens is 324 g/mol. The summed E-state index contributed by atoms with van der Waals surface area (Å²) in [5.74, 6) is -1.29. The minimum absolute atomic E-state index is 0.153. The maximum absolute atomic E-state index is 11.5. The van der Waals surface area contributed by atoms with Crippen LogP contribution in [0.5, 0.6) is 0 Å². The van der Waals surface area contributed by atoms with Crippen LogP contribution < -0.4 is 11.1 Å². The number of halogens is 1. The van der Waals surface area contributed by atoms with Gasteiger partial charge in [0.2, 0.25) is 0 Å². The van der Waals surface area contributed by atoms with Gasteiger partial charge in [-0.05, 0) is 46.3 Å². The van der Waals surface area contributed by atoms with Crippen molar-refractivity contribution in [2.45, 2.75) is 25.7 Å². The zero-order chi connectivity index (χ0) is 14.8. The third-order valence-corrected chi connectivity index (χ3v) is 4.52. The molecule has 0 atom stereocenters. The molecule has 0 spiro atoms. The summed E-state index contributed by atoms with van der Waals surface area (Å²) in [5.41, 5.74) is 6.22. The molecule has 5 nitrogen and oxygen atoms in total.